The molecule has 0 aromatic rings. The van der Waals surface area contributed by atoms with Gasteiger partial charge < -0.3 is 13.9 Å². The second-order valence-electron chi connectivity index (χ2n) is 8.81. The molecule has 0 unspecified atom stereocenters. The molecule has 5 heteroatoms. The average Bonchev–Trinajstić information content (AvgIpc) is 2.39. The first kappa shape index (κ1) is 21.4. The first-order valence-electron chi connectivity index (χ1n) is 9.69. The van der Waals surface area contributed by atoms with E-state index in [1.807, 2.05) is 0 Å². The molecule has 1 fully saturated rings. The fourth-order valence-corrected chi connectivity index (χ4v) is 14.8. The summed E-state index contributed by atoms with van der Waals surface area (Å²) in [4.78, 5) is 2.67. The molecule has 138 valence electrons. The fraction of sp³-hybridized carbons (Fsp3) is 1.00. The van der Waals surface area contributed by atoms with Crippen molar-refractivity contribution < 1.29 is 4.43 Å². The van der Waals surface area contributed by atoms with E-state index in [-0.39, 0.29) is 0 Å². The summed E-state index contributed by atoms with van der Waals surface area (Å²) >= 11 is 0. The van der Waals surface area contributed by atoms with Crippen LogP contribution in [-0.2, 0) is 4.43 Å². The maximum Gasteiger partial charge on any atom is 0.200 e. The SMILES string of the molecule is CCO[Si](C)(C)CN1CCN([Si](C(C)C)(C(C)C)C(C)C)CC1. The molecule has 0 amide bonds. The Morgan fingerprint density at radius 1 is 0.826 bits per heavy atom. The van der Waals surface area contributed by atoms with E-state index in [1.54, 1.807) is 0 Å². The fourth-order valence-electron chi connectivity index (χ4n) is 5.36. The van der Waals surface area contributed by atoms with Crippen molar-refractivity contribution in [3.63, 3.8) is 0 Å². The van der Waals surface area contributed by atoms with Crippen molar-refractivity contribution in [1.82, 2.24) is 9.47 Å². The molecule has 0 aliphatic carbocycles. The molecule has 0 aromatic heterocycles. The van der Waals surface area contributed by atoms with E-state index >= 15 is 0 Å². The van der Waals surface area contributed by atoms with Crippen LogP contribution in [0.25, 0.3) is 0 Å². The van der Waals surface area contributed by atoms with Gasteiger partial charge in [0, 0.05) is 39.0 Å². The van der Waals surface area contributed by atoms with Gasteiger partial charge in [-0.05, 0) is 36.6 Å². The molecule has 3 nitrogen and oxygen atoms in total. The summed E-state index contributed by atoms with van der Waals surface area (Å²) in [7, 11) is -2.95. The second-order valence-corrected chi connectivity index (χ2v) is 18.8. The van der Waals surface area contributed by atoms with Gasteiger partial charge in [-0.25, -0.2) is 0 Å². The predicted octanol–water partition coefficient (Wildman–Crippen LogP) is 4.56. The Morgan fingerprint density at radius 3 is 1.61 bits per heavy atom. The first-order valence-corrected chi connectivity index (χ1v) is 15.0. The Kier molecular flexibility index (Phi) is 7.99. The quantitative estimate of drug-likeness (QED) is 0.592. The van der Waals surface area contributed by atoms with E-state index in [4.69, 9.17) is 4.43 Å². The van der Waals surface area contributed by atoms with E-state index in [9.17, 15) is 0 Å². The lowest BCUT2D eigenvalue weighted by atomic mass is 10.4. The molecular weight excluding hydrogens is 316 g/mol. The van der Waals surface area contributed by atoms with Gasteiger partial charge in [0.15, 0.2) is 8.32 Å². The van der Waals surface area contributed by atoms with Crippen LogP contribution in [-0.4, -0.2) is 65.0 Å². The van der Waals surface area contributed by atoms with Crippen LogP contribution in [0.3, 0.4) is 0 Å². The Morgan fingerprint density at radius 2 is 1.26 bits per heavy atom. The molecule has 0 spiro atoms. The zero-order valence-electron chi connectivity index (χ0n) is 17.3. The smallest absolute Gasteiger partial charge is 0.200 e. The molecule has 0 bridgehead atoms. The zero-order valence-corrected chi connectivity index (χ0v) is 19.3. The maximum absolute atomic E-state index is 6.03. The number of hydrogen-bond donors (Lipinski definition) is 0. The van der Waals surface area contributed by atoms with Crippen LogP contribution in [0.15, 0.2) is 0 Å². The van der Waals surface area contributed by atoms with Gasteiger partial charge in [0.2, 0.25) is 0 Å². The largest absolute Gasteiger partial charge is 0.416 e. The molecule has 23 heavy (non-hydrogen) atoms. The minimum atomic E-state index is -1.51. The molecule has 0 aromatic carbocycles. The molecule has 0 saturated carbocycles. The predicted molar refractivity (Wildman–Crippen MR) is 108 cm³/mol. The topological polar surface area (TPSA) is 15.7 Å². The van der Waals surface area contributed by atoms with Crippen molar-refractivity contribution in [2.75, 3.05) is 39.0 Å². The zero-order chi connectivity index (χ0) is 17.8. The maximum atomic E-state index is 6.03. The molecular formula is C18H42N2OSi2. The van der Waals surface area contributed by atoms with Crippen molar-refractivity contribution in [3.05, 3.63) is 0 Å². The number of piperazine rings is 1. The first-order chi connectivity index (χ1) is 10.6. The second kappa shape index (κ2) is 8.61. The number of hydrogen-bond acceptors (Lipinski definition) is 3. The lowest BCUT2D eigenvalue weighted by molar-refractivity contribution is 0.186. The van der Waals surface area contributed by atoms with E-state index < -0.39 is 16.6 Å². The normalized spacial score (nSPS) is 19.3. The van der Waals surface area contributed by atoms with Crippen molar-refractivity contribution >= 4 is 16.6 Å². The van der Waals surface area contributed by atoms with Crippen molar-refractivity contribution in [3.8, 4) is 0 Å². The number of nitrogens with zero attached hydrogens (tertiary/aromatic N) is 2. The van der Waals surface area contributed by atoms with Crippen molar-refractivity contribution in [2.24, 2.45) is 0 Å². The molecule has 1 aliphatic heterocycles. The van der Waals surface area contributed by atoms with Crippen molar-refractivity contribution in [1.29, 1.82) is 0 Å². The highest BCUT2D eigenvalue weighted by molar-refractivity contribution is 6.81. The standard InChI is InChI=1S/C18H42N2OSi2/c1-10-21-22(8,9)15-19-11-13-20(14-12-19)23(16(2)3,17(4)5)18(6)7/h16-18H,10-15H2,1-9H3. The molecule has 0 atom stereocenters. The van der Waals surface area contributed by atoms with Crippen molar-refractivity contribution in [2.45, 2.75) is 78.2 Å². The molecule has 0 N–H and O–H groups in total. The van der Waals surface area contributed by atoms with Gasteiger partial charge in [0.25, 0.3) is 0 Å². The van der Waals surface area contributed by atoms with Gasteiger partial charge in [-0.3, -0.25) is 0 Å². The summed E-state index contributed by atoms with van der Waals surface area (Å²) in [5.41, 5.74) is 2.47. The average molecular weight is 359 g/mol. The van der Waals surface area contributed by atoms with Crippen LogP contribution in [0.1, 0.15) is 48.5 Å². The third-order valence-corrected chi connectivity index (χ3v) is 15.2. The summed E-state index contributed by atoms with van der Waals surface area (Å²) < 4.78 is 8.98. The molecule has 1 heterocycles. The monoisotopic (exact) mass is 358 g/mol. The Bertz CT molecular complexity index is 329. The molecule has 0 radical (unpaired) electrons. The summed E-state index contributed by atoms with van der Waals surface area (Å²) in [6.45, 7) is 27.5. The Balaban J connectivity index is 2.76. The lowest BCUT2D eigenvalue weighted by Gasteiger charge is -2.54. The van der Waals surface area contributed by atoms with Crippen LogP contribution in [0, 0.1) is 0 Å². The third-order valence-electron chi connectivity index (χ3n) is 5.83. The highest BCUT2D eigenvalue weighted by Crippen LogP contribution is 2.44. The van der Waals surface area contributed by atoms with Gasteiger partial charge in [-0.15, -0.1) is 0 Å². The van der Waals surface area contributed by atoms with E-state index in [0.717, 1.165) is 23.2 Å². The van der Waals surface area contributed by atoms with Crippen LogP contribution in [0.2, 0.25) is 29.7 Å². The number of rotatable bonds is 8. The van der Waals surface area contributed by atoms with Crippen LogP contribution in [0.4, 0.5) is 0 Å². The van der Waals surface area contributed by atoms with Crippen LogP contribution < -0.4 is 0 Å². The van der Waals surface area contributed by atoms with E-state index in [2.05, 4.69) is 71.0 Å². The molecule has 1 aliphatic rings. The minimum Gasteiger partial charge on any atom is -0.416 e. The third kappa shape index (κ3) is 4.91. The van der Waals surface area contributed by atoms with Gasteiger partial charge in [0.05, 0.1) is 0 Å². The lowest BCUT2D eigenvalue weighted by Crippen LogP contribution is -2.65. The van der Waals surface area contributed by atoms with E-state index in [1.165, 1.54) is 32.3 Å². The minimum absolute atomic E-state index is 0.822. The molecule has 1 rings (SSSR count). The van der Waals surface area contributed by atoms with Gasteiger partial charge in [-0.2, -0.15) is 0 Å². The summed E-state index contributed by atoms with van der Waals surface area (Å²) in [5, 5.41) is 0. The van der Waals surface area contributed by atoms with E-state index in [0.29, 0.717) is 0 Å². The van der Waals surface area contributed by atoms with Gasteiger partial charge in [0.1, 0.15) is 8.24 Å². The summed E-state index contributed by atoms with van der Waals surface area (Å²) in [5.74, 6) is 0. The Labute approximate surface area is 148 Å². The summed E-state index contributed by atoms with van der Waals surface area (Å²) in [6, 6.07) is 0. The van der Waals surface area contributed by atoms with Gasteiger partial charge in [-0.1, -0.05) is 41.5 Å². The van der Waals surface area contributed by atoms with Crippen LogP contribution in [0.5, 0.6) is 0 Å². The Hall–Kier alpha value is 0.314. The summed E-state index contributed by atoms with van der Waals surface area (Å²) in [6.07, 6.45) is 1.19. The highest BCUT2D eigenvalue weighted by Gasteiger charge is 2.48. The van der Waals surface area contributed by atoms with Gasteiger partial charge >= 0.3 is 0 Å². The highest BCUT2D eigenvalue weighted by atomic mass is 28.4. The van der Waals surface area contributed by atoms with Crippen LogP contribution >= 0.6 is 0 Å². The molecule has 1 saturated heterocycles.